The molecule has 0 fully saturated rings. The first-order valence-electron chi connectivity index (χ1n) is 6.95. The van der Waals surface area contributed by atoms with Crippen LogP contribution in [0, 0.1) is 0 Å². The third-order valence-electron chi connectivity index (χ3n) is 3.55. The van der Waals surface area contributed by atoms with Gasteiger partial charge >= 0.3 is 5.97 Å². The van der Waals surface area contributed by atoms with Gasteiger partial charge in [0, 0.05) is 17.3 Å². The first kappa shape index (κ1) is 15.7. The Morgan fingerprint density at radius 2 is 2.13 bits per heavy atom. The van der Waals surface area contributed by atoms with E-state index in [9.17, 15) is 13.2 Å². The van der Waals surface area contributed by atoms with Gasteiger partial charge in [-0.2, -0.15) is 8.42 Å². The van der Waals surface area contributed by atoms with Crippen LogP contribution < -0.4 is 0 Å². The summed E-state index contributed by atoms with van der Waals surface area (Å²) in [6.45, 7) is 1.81. The Bertz CT molecular complexity index is 972. The van der Waals surface area contributed by atoms with Gasteiger partial charge in [0.2, 0.25) is 0 Å². The van der Waals surface area contributed by atoms with Crippen LogP contribution in [-0.4, -0.2) is 28.5 Å². The zero-order valence-electron chi connectivity index (χ0n) is 12.3. The summed E-state index contributed by atoms with van der Waals surface area (Å²) in [5.41, 5.74) is 1.24. The van der Waals surface area contributed by atoms with E-state index in [1.807, 2.05) is 0 Å². The van der Waals surface area contributed by atoms with Gasteiger partial charge in [0.15, 0.2) is 5.65 Å². The second-order valence-corrected chi connectivity index (χ2v) is 7.89. The molecule has 3 aromatic rings. The number of carbonyl (C=O) groups is 1. The van der Waals surface area contributed by atoms with Crippen molar-refractivity contribution in [2.75, 3.05) is 0 Å². The number of hydrogen-bond acceptors (Lipinski definition) is 5. The number of carboxylic acids is 1. The highest BCUT2D eigenvalue weighted by Crippen LogP contribution is 2.31. The van der Waals surface area contributed by atoms with E-state index in [0.29, 0.717) is 23.1 Å². The number of fused-ring (bicyclic) bond motifs is 1. The quantitative estimate of drug-likeness (QED) is 0.764. The van der Waals surface area contributed by atoms with Gasteiger partial charge < -0.3 is 5.11 Å². The molecule has 23 heavy (non-hydrogen) atoms. The highest BCUT2D eigenvalue weighted by atomic mass is 32.2. The van der Waals surface area contributed by atoms with Crippen molar-refractivity contribution in [3.63, 3.8) is 0 Å². The van der Waals surface area contributed by atoms with Crippen molar-refractivity contribution in [1.29, 1.82) is 0 Å². The molecule has 0 aliphatic rings. The molecule has 1 N–H and O–H groups in total. The zero-order chi connectivity index (χ0) is 16.6. The molecular weight excluding hydrogens is 336 g/mol. The van der Waals surface area contributed by atoms with Crippen LogP contribution >= 0.6 is 11.3 Å². The lowest BCUT2D eigenvalue weighted by Crippen LogP contribution is -2.16. The molecule has 0 saturated carbocycles. The van der Waals surface area contributed by atoms with Crippen molar-refractivity contribution in [1.82, 2.24) is 8.96 Å². The number of hydrogen-bond donors (Lipinski definition) is 1. The maximum absolute atomic E-state index is 13.0. The summed E-state index contributed by atoms with van der Waals surface area (Å²) < 4.78 is 27.3. The number of rotatable bonds is 5. The molecule has 8 heteroatoms. The molecule has 0 radical (unpaired) electrons. The highest BCUT2D eigenvalue weighted by Gasteiger charge is 2.28. The van der Waals surface area contributed by atoms with Crippen molar-refractivity contribution in [2.24, 2.45) is 0 Å². The van der Waals surface area contributed by atoms with E-state index in [1.54, 1.807) is 30.5 Å². The van der Waals surface area contributed by atoms with Crippen molar-refractivity contribution >= 4 is 38.4 Å². The number of pyridine rings is 1. The van der Waals surface area contributed by atoms with Crippen LogP contribution in [0.3, 0.4) is 0 Å². The van der Waals surface area contributed by atoms with E-state index in [-0.39, 0.29) is 16.3 Å². The standard InChI is InChI=1S/C15H14N2O4S2/c1-2-12-11(9-13(18)19)10-5-3-7-16-15(10)17(12)23(20,21)14-6-4-8-22-14/h3-8H,2,9H2,1H3,(H,18,19). The molecule has 0 aliphatic carbocycles. The van der Waals surface area contributed by atoms with Crippen LogP contribution in [0.2, 0.25) is 0 Å². The van der Waals surface area contributed by atoms with E-state index in [0.717, 1.165) is 11.3 Å². The molecule has 0 bridgehead atoms. The van der Waals surface area contributed by atoms with Gasteiger partial charge in [-0.1, -0.05) is 13.0 Å². The van der Waals surface area contributed by atoms with Gasteiger partial charge in [-0.15, -0.1) is 11.3 Å². The fraction of sp³-hybridized carbons (Fsp3) is 0.200. The van der Waals surface area contributed by atoms with Gasteiger partial charge in [0.1, 0.15) is 4.21 Å². The molecule has 6 nitrogen and oxygen atoms in total. The Balaban J connectivity index is 2.39. The summed E-state index contributed by atoms with van der Waals surface area (Å²) in [5, 5.41) is 11.4. The average Bonchev–Trinajstić information content (AvgIpc) is 3.14. The predicted octanol–water partition coefficient (Wildman–Crippen LogP) is 2.52. The maximum Gasteiger partial charge on any atom is 0.307 e. The van der Waals surface area contributed by atoms with Gasteiger partial charge in [-0.25, -0.2) is 8.96 Å². The topological polar surface area (TPSA) is 89.3 Å². The number of carboxylic acid groups (broad SMARTS) is 1. The average molecular weight is 350 g/mol. The molecule has 0 aliphatic heterocycles. The van der Waals surface area contributed by atoms with E-state index in [4.69, 9.17) is 5.11 Å². The fourth-order valence-corrected chi connectivity index (χ4v) is 5.32. The molecule has 120 valence electrons. The molecule has 3 aromatic heterocycles. The molecule has 0 unspecified atom stereocenters. The van der Waals surface area contributed by atoms with E-state index < -0.39 is 16.0 Å². The van der Waals surface area contributed by atoms with Crippen molar-refractivity contribution in [2.45, 2.75) is 24.0 Å². The monoisotopic (exact) mass is 350 g/mol. The van der Waals surface area contributed by atoms with Crippen molar-refractivity contribution < 1.29 is 18.3 Å². The molecular formula is C15H14N2O4S2. The minimum Gasteiger partial charge on any atom is -0.481 e. The lowest BCUT2D eigenvalue weighted by Gasteiger charge is -2.09. The van der Waals surface area contributed by atoms with Crippen LogP contribution in [0.4, 0.5) is 0 Å². The molecule has 0 amide bonds. The smallest absolute Gasteiger partial charge is 0.307 e. The number of nitrogens with zero attached hydrogens (tertiary/aromatic N) is 2. The summed E-state index contributed by atoms with van der Waals surface area (Å²) >= 11 is 1.12. The molecule has 0 spiro atoms. The molecule has 0 atom stereocenters. The third-order valence-corrected chi connectivity index (χ3v) is 6.65. The van der Waals surface area contributed by atoms with Gasteiger partial charge in [0.05, 0.1) is 6.42 Å². The predicted molar refractivity (Wildman–Crippen MR) is 87.4 cm³/mol. The second-order valence-electron chi connectivity index (χ2n) is 4.93. The summed E-state index contributed by atoms with van der Waals surface area (Å²) in [4.78, 5) is 15.4. The van der Waals surface area contributed by atoms with E-state index in [2.05, 4.69) is 4.98 Å². The fourth-order valence-electron chi connectivity index (χ4n) is 2.66. The molecule has 0 saturated heterocycles. The van der Waals surface area contributed by atoms with E-state index in [1.165, 1.54) is 16.2 Å². The summed E-state index contributed by atoms with van der Waals surface area (Å²) in [5.74, 6) is -1.00. The Morgan fingerprint density at radius 1 is 1.35 bits per heavy atom. The Hall–Kier alpha value is -2.19. The van der Waals surface area contributed by atoms with E-state index >= 15 is 0 Å². The highest BCUT2D eigenvalue weighted by molar-refractivity contribution is 7.92. The van der Waals surface area contributed by atoms with Crippen LogP contribution in [-0.2, 0) is 27.7 Å². The zero-order valence-corrected chi connectivity index (χ0v) is 13.9. The Kier molecular flexibility index (Phi) is 3.95. The molecule has 3 heterocycles. The maximum atomic E-state index is 13.0. The first-order chi connectivity index (χ1) is 11.0. The van der Waals surface area contributed by atoms with Crippen LogP contribution in [0.15, 0.2) is 40.1 Å². The normalized spacial score (nSPS) is 11.9. The number of aromatic nitrogens is 2. The van der Waals surface area contributed by atoms with Crippen LogP contribution in [0.5, 0.6) is 0 Å². The SMILES string of the molecule is CCc1c(CC(=O)O)c2cccnc2n1S(=O)(=O)c1cccs1. The van der Waals surface area contributed by atoms with Gasteiger partial charge in [0.25, 0.3) is 10.0 Å². The van der Waals surface area contributed by atoms with Crippen molar-refractivity contribution in [3.05, 3.63) is 47.1 Å². The van der Waals surface area contributed by atoms with Gasteiger partial charge in [-0.3, -0.25) is 4.79 Å². The number of thiophene rings is 1. The Morgan fingerprint density at radius 3 is 2.74 bits per heavy atom. The summed E-state index contributed by atoms with van der Waals surface area (Å²) in [6.07, 6.45) is 1.66. The minimum absolute atomic E-state index is 0.205. The van der Waals surface area contributed by atoms with Crippen molar-refractivity contribution in [3.8, 4) is 0 Å². The first-order valence-corrected chi connectivity index (χ1v) is 9.26. The lowest BCUT2D eigenvalue weighted by atomic mass is 10.1. The van der Waals surface area contributed by atoms with Crippen LogP contribution in [0.1, 0.15) is 18.2 Å². The van der Waals surface area contributed by atoms with Gasteiger partial charge in [-0.05, 0) is 35.6 Å². The summed E-state index contributed by atoms with van der Waals surface area (Å²) in [6, 6.07) is 6.58. The number of aliphatic carboxylic acids is 1. The lowest BCUT2D eigenvalue weighted by molar-refractivity contribution is -0.136. The molecule has 0 aromatic carbocycles. The summed E-state index contributed by atoms with van der Waals surface area (Å²) in [7, 11) is -3.80. The minimum atomic E-state index is -3.80. The molecule has 3 rings (SSSR count). The second kappa shape index (κ2) is 5.78. The van der Waals surface area contributed by atoms with Crippen LogP contribution in [0.25, 0.3) is 11.0 Å². The largest absolute Gasteiger partial charge is 0.481 e. The Labute approximate surface area is 137 Å². The third kappa shape index (κ3) is 2.53.